The number of alkyl halides is 6. The van der Waals surface area contributed by atoms with Gasteiger partial charge in [-0.1, -0.05) is 0 Å². The van der Waals surface area contributed by atoms with Gasteiger partial charge in [-0.2, -0.15) is 13.2 Å². The Hall–Kier alpha value is -2.19. The van der Waals surface area contributed by atoms with E-state index in [4.69, 9.17) is 5.73 Å². The second-order valence-corrected chi connectivity index (χ2v) is 3.82. The van der Waals surface area contributed by atoms with Gasteiger partial charge >= 0.3 is 12.5 Å². The molecule has 0 aliphatic heterocycles. The quantitative estimate of drug-likeness (QED) is 0.816. The fourth-order valence-electron chi connectivity index (χ4n) is 1.57. The highest BCUT2D eigenvalue weighted by molar-refractivity contribution is 5.91. The second-order valence-electron chi connectivity index (χ2n) is 3.82. The highest BCUT2D eigenvalue weighted by Crippen LogP contribution is 2.34. The molecule has 1 aromatic carbocycles. The van der Waals surface area contributed by atoms with Crippen LogP contribution in [0.4, 0.5) is 32.0 Å². The average Bonchev–Trinajstić information content (AvgIpc) is 2.26. The van der Waals surface area contributed by atoms with E-state index in [0.717, 1.165) is 18.2 Å². The van der Waals surface area contributed by atoms with Crippen LogP contribution in [0.3, 0.4) is 0 Å². The van der Waals surface area contributed by atoms with Crippen molar-refractivity contribution in [2.24, 2.45) is 0 Å². The molecule has 1 aromatic heterocycles. The summed E-state index contributed by atoms with van der Waals surface area (Å²) in [6.45, 7) is 0. The molecular weight excluding hydrogens is 290 g/mol. The highest BCUT2D eigenvalue weighted by atomic mass is 19.4. The van der Waals surface area contributed by atoms with Gasteiger partial charge in [-0.3, -0.25) is 0 Å². The van der Waals surface area contributed by atoms with Crippen LogP contribution in [-0.4, -0.2) is 11.3 Å². The van der Waals surface area contributed by atoms with Crippen LogP contribution >= 0.6 is 0 Å². The summed E-state index contributed by atoms with van der Waals surface area (Å²) in [7, 11) is 0. The Labute approximate surface area is 108 Å². The van der Waals surface area contributed by atoms with E-state index in [0.29, 0.717) is 6.07 Å². The number of ether oxygens (including phenoxy) is 1. The molecule has 9 heteroatoms. The third kappa shape index (κ3) is 3.03. The van der Waals surface area contributed by atoms with Crippen LogP contribution in [0.2, 0.25) is 0 Å². The van der Waals surface area contributed by atoms with Crippen molar-refractivity contribution < 1.29 is 31.1 Å². The van der Waals surface area contributed by atoms with Crippen LogP contribution in [0.15, 0.2) is 24.3 Å². The molecule has 20 heavy (non-hydrogen) atoms. The van der Waals surface area contributed by atoms with Crippen LogP contribution < -0.4 is 10.5 Å². The third-order valence-electron chi connectivity index (χ3n) is 2.34. The molecule has 0 bridgehead atoms. The van der Waals surface area contributed by atoms with Gasteiger partial charge in [-0.05, 0) is 24.3 Å². The van der Waals surface area contributed by atoms with Crippen LogP contribution in [0, 0.1) is 0 Å². The standard InChI is InChI=1S/C11H6F6N2O/c12-10(13,14)9-4-7(18)6-3-5(20-11(15,16)17)1-2-8(6)19-9/h1-4H,(H2,18,19). The summed E-state index contributed by atoms with van der Waals surface area (Å²) in [5.74, 6) is -0.585. The molecule has 0 fully saturated rings. The number of nitrogen functional groups attached to an aromatic ring is 1. The number of nitrogens with zero attached hydrogens (tertiary/aromatic N) is 1. The largest absolute Gasteiger partial charge is 0.573 e. The Bertz CT molecular complexity index is 650. The molecule has 2 rings (SSSR count). The van der Waals surface area contributed by atoms with E-state index in [1.807, 2.05) is 0 Å². The monoisotopic (exact) mass is 296 g/mol. The maximum atomic E-state index is 12.5. The molecule has 108 valence electrons. The van der Waals surface area contributed by atoms with Gasteiger partial charge in [-0.15, -0.1) is 13.2 Å². The van der Waals surface area contributed by atoms with Gasteiger partial charge in [0.05, 0.1) is 5.52 Å². The molecule has 0 saturated heterocycles. The lowest BCUT2D eigenvalue weighted by Gasteiger charge is -2.12. The molecule has 3 nitrogen and oxygen atoms in total. The van der Waals surface area contributed by atoms with Gasteiger partial charge in [0.1, 0.15) is 11.4 Å². The molecule has 0 amide bonds. The zero-order chi connectivity index (χ0) is 15.1. The summed E-state index contributed by atoms with van der Waals surface area (Å²) in [6.07, 6.45) is -9.59. The fraction of sp³-hybridized carbons (Fsp3) is 0.182. The SMILES string of the molecule is Nc1cc(C(F)(F)F)nc2ccc(OC(F)(F)F)cc12. The number of pyridine rings is 1. The first-order valence-electron chi connectivity index (χ1n) is 5.09. The van der Waals surface area contributed by atoms with Crippen molar-refractivity contribution >= 4 is 16.6 Å². The minimum Gasteiger partial charge on any atom is -0.406 e. The minimum atomic E-state index is -4.90. The number of anilines is 1. The first-order valence-corrected chi connectivity index (χ1v) is 5.09. The minimum absolute atomic E-state index is 0.0558. The molecule has 0 aliphatic carbocycles. The lowest BCUT2D eigenvalue weighted by molar-refractivity contribution is -0.274. The van der Waals surface area contributed by atoms with Gasteiger partial charge in [0.2, 0.25) is 0 Å². The van der Waals surface area contributed by atoms with Crippen LogP contribution in [0.1, 0.15) is 5.69 Å². The van der Waals surface area contributed by atoms with Crippen LogP contribution in [-0.2, 0) is 6.18 Å². The average molecular weight is 296 g/mol. The van der Waals surface area contributed by atoms with Crippen molar-refractivity contribution in [3.8, 4) is 5.75 Å². The number of rotatable bonds is 1. The van der Waals surface area contributed by atoms with Crippen molar-refractivity contribution in [3.05, 3.63) is 30.0 Å². The number of fused-ring (bicyclic) bond motifs is 1. The smallest absolute Gasteiger partial charge is 0.406 e. The lowest BCUT2D eigenvalue weighted by atomic mass is 10.1. The predicted octanol–water partition coefficient (Wildman–Crippen LogP) is 3.73. The molecule has 0 aliphatic rings. The lowest BCUT2D eigenvalue weighted by Crippen LogP contribution is -2.17. The Balaban J connectivity index is 2.52. The van der Waals surface area contributed by atoms with Gasteiger partial charge < -0.3 is 10.5 Å². The van der Waals surface area contributed by atoms with Crippen LogP contribution in [0.5, 0.6) is 5.75 Å². The van der Waals surface area contributed by atoms with Crippen LogP contribution in [0.25, 0.3) is 10.9 Å². The van der Waals surface area contributed by atoms with Crippen molar-refractivity contribution in [3.63, 3.8) is 0 Å². The van der Waals surface area contributed by atoms with Gasteiger partial charge in [-0.25, -0.2) is 4.98 Å². The molecule has 0 radical (unpaired) electrons. The van der Waals surface area contributed by atoms with Crippen molar-refractivity contribution in [2.75, 3.05) is 5.73 Å². The first-order chi connectivity index (χ1) is 9.06. The normalized spacial score (nSPS) is 12.7. The summed E-state index contributed by atoms with van der Waals surface area (Å²) in [4.78, 5) is 3.30. The Kier molecular flexibility index (Phi) is 3.15. The predicted molar refractivity (Wildman–Crippen MR) is 57.8 cm³/mol. The summed E-state index contributed by atoms with van der Waals surface area (Å²) >= 11 is 0. The second kappa shape index (κ2) is 4.43. The van der Waals surface area contributed by atoms with Crippen molar-refractivity contribution in [1.29, 1.82) is 0 Å². The fourth-order valence-corrected chi connectivity index (χ4v) is 1.57. The number of hydrogen-bond donors (Lipinski definition) is 1. The molecule has 2 N–H and O–H groups in total. The Morgan fingerprint density at radius 3 is 2.20 bits per heavy atom. The number of hydrogen-bond acceptors (Lipinski definition) is 3. The molecule has 1 heterocycles. The summed E-state index contributed by atoms with van der Waals surface area (Å²) in [5.41, 5.74) is 3.68. The molecule has 0 saturated carbocycles. The number of halogens is 6. The molecule has 0 spiro atoms. The third-order valence-corrected chi connectivity index (χ3v) is 2.34. The van der Waals surface area contributed by atoms with E-state index < -0.39 is 24.0 Å². The van der Waals surface area contributed by atoms with E-state index >= 15 is 0 Å². The molecule has 0 unspecified atom stereocenters. The Morgan fingerprint density at radius 2 is 1.65 bits per heavy atom. The highest BCUT2D eigenvalue weighted by Gasteiger charge is 2.34. The summed E-state index contributed by atoms with van der Waals surface area (Å²) in [6, 6.07) is 3.27. The Morgan fingerprint density at radius 1 is 1.00 bits per heavy atom. The van der Waals surface area contributed by atoms with Gasteiger partial charge in [0, 0.05) is 11.1 Å². The van der Waals surface area contributed by atoms with Gasteiger partial charge in [0.25, 0.3) is 0 Å². The van der Waals surface area contributed by atoms with Gasteiger partial charge in [0.15, 0.2) is 0 Å². The molecule has 0 atom stereocenters. The summed E-state index contributed by atoms with van der Waals surface area (Å²) in [5, 5.41) is -0.0558. The zero-order valence-corrected chi connectivity index (χ0v) is 9.51. The molecular formula is C11H6F6N2O. The van der Waals surface area contributed by atoms with Crippen molar-refractivity contribution in [1.82, 2.24) is 4.98 Å². The maximum Gasteiger partial charge on any atom is 0.573 e. The van der Waals surface area contributed by atoms with E-state index in [9.17, 15) is 26.3 Å². The van der Waals surface area contributed by atoms with Crippen molar-refractivity contribution in [2.45, 2.75) is 12.5 Å². The van der Waals surface area contributed by atoms with E-state index in [1.54, 1.807) is 0 Å². The van der Waals surface area contributed by atoms with E-state index in [1.165, 1.54) is 0 Å². The number of aromatic nitrogens is 1. The van der Waals surface area contributed by atoms with E-state index in [2.05, 4.69) is 9.72 Å². The topological polar surface area (TPSA) is 48.1 Å². The summed E-state index contributed by atoms with van der Waals surface area (Å²) < 4.78 is 77.3. The van der Waals surface area contributed by atoms with E-state index in [-0.39, 0.29) is 16.6 Å². The number of nitrogens with two attached hydrogens (primary N) is 1. The zero-order valence-electron chi connectivity index (χ0n) is 9.51. The maximum absolute atomic E-state index is 12.5. The first kappa shape index (κ1) is 14.2. The molecule has 2 aromatic rings. The number of benzene rings is 1.